The standard InChI is InChI=1S/C12H13N5O2S/c1-9-5-11(4-3-10(9)6-13)20(18,19)17(2)7-12-14-8-15-16-12/h3-5,8H,7H2,1-2H3,(H,14,15,16). The summed E-state index contributed by atoms with van der Waals surface area (Å²) in [6, 6.07) is 6.43. The minimum atomic E-state index is -3.63. The van der Waals surface area contributed by atoms with E-state index in [0.717, 1.165) is 0 Å². The van der Waals surface area contributed by atoms with Gasteiger partial charge in [-0.15, -0.1) is 0 Å². The Morgan fingerprint density at radius 3 is 2.75 bits per heavy atom. The Morgan fingerprint density at radius 1 is 1.45 bits per heavy atom. The normalized spacial score (nSPS) is 11.5. The zero-order chi connectivity index (χ0) is 14.8. The van der Waals surface area contributed by atoms with Crippen LogP contribution in [0.2, 0.25) is 0 Å². The van der Waals surface area contributed by atoms with Gasteiger partial charge in [0.1, 0.15) is 12.2 Å². The van der Waals surface area contributed by atoms with Crippen LogP contribution in [0.4, 0.5) is 0 Å². The van der Waals surface area contributed by atoms with E-state index < -0.39 is 10.0 Å². The van der Waals surface area contributed by atoms with E-state index in [1.165, 1.54) is 35.9 Å². The molecule has 0 aliphatic rings. The molecule has 0 fully saturated rings. The van der Waals surface area contributed by atoms with Crippen LogP contribution in [-0.4, -0.2) is 35.0 Å². The number of aryl methyl sites for hydroxylation is 1. The Morgan fingerprint density at radius 2 is 2.20 bits per heavy atom. The summed E-state index contributed by atoms with van der Waals surface area (Å²) in [4.78, 5) is 4.04. The molecule has 0 aliphatic carbocycles. The molecule has 1 N–H and O–H groups in total. The highest BCUT2D eigenvalue weighted by Crippen LogP contribution is 2.19. The first-order valence-electron chi connectivity index (χ1n) is 5.76. The first-order valence-corrected chi connectivity index (χ1v) is 7.20. The van der Waals surface area contributed by atoms with Gasteiger partial charge >= 0.3 is 0 Å². The molecule has 0 bridgehead atoms. The third-order valence-electron chi connectivity index (χ3n) is 2.86. The van der Waals surface area contributed by atoms with E-state index in [1.807, 2.05) is 6.07 Å². The number of benzene rings is 1. The zero-order valence-electron chi connectivity index (χ0n) is 11.0. The van der Waals surface area contributed by atoms with E-state index in [1.54, 1.807) is 6.92 Å². The summed E-state index contributed by atoms with van der Waals surface area (Å²) in [5, 5.41) is 15.1. The lowest BCUT2D eigenvalue weighted by atomic mass is 10.1. The molecule has 104 valence electrons. The maximum absolute atomic E-state index is 12.4. The average molecular weight is 291 g/mol. The van der Waals surface area contributed by atoms with Crippen LogP contribution in [0.15, 0.2) is 29.4 Å². The third kappa shape index (κ3) is 2.68. The predicted molar refractivity (Wildman–Crippen MR) is 70.9 cm³/mol. The van der Waals surface area contributed by atoms with E-state index in [4.69, 9.17) is 5.26 Å². The molecule has 0 spiro atoms. The second-order valence-corrected chi connectivity index (χ2v) is 6.33. The average Bonchev–Trinajstić information content (AvgIpc) is 2.91. The Labute approximate surface area is 116 Å². The summed E-state index contributed by atoms with van der Waals surface area (Å²) in [5.41, 5.74) is 1.09. The highest BCUT2D eigenvalue weighted by molar-refractivity contribution is 7.89. The van der Waals surface area contributed by atoms with E-state index in [2.05, 4.69) is 15.2 Å². The Hall–Kier alpha value is -2.24. The number of nitrogens with one attached hydrogen (secondary N) is 1. The number of H-pyrrole nitrogens is 1. The Balaban J connectivity index is 2.30. The maximum atomic E-state index is 12.4. The first kappa shape index (κ1) is 14.2. The molecule has 0 atom stereocenters. The molecule has 7 nitrogen and oxygen atoms in total. The topological polar surface area (TPSA) is 103 Å². The minimum absolute atomic E-state index is 0.0986. The fraction of sp³-hybridized carbons (Fsp3) is 0.250. The summed E-state index contributed by atoms with van der Waals surface area (Å²) in [7, 11) is -2.16. The number of aromatic amines is 1. The van der Waals surface area contributed by atoms with Crippen LogP contribution in [0, 0.1) is 18.3 Å². The second-order valence-electron chi connectivity index (χ2n) is 4.28. The molecule has 0 amide bonds. The first-order chi connectivity index (χ1) is 9.45. The van der Waals surface area contributed by atoms with Crippen LogP contribution in [0.1, 0.15) is 17.0 Å². The van der Waals surface area contributed by atoms with Gasteiger partial charge in [0.15, 0.2) is 0 Å². The SMILES string of the molecule is Cc1cc(S(=O)(=O)N(C)Cc2ncn[nH]2)ccc1C#N. The number of sulfonamides is 1. The predicted octanol–water partition coefficient (Wildman–Crippen LogP) is 0.805. The van der Waals surface area contributed by atoms with Crippen molar-refractivity contribution in [2.75, 3.05) is 7.05 Å². The monoisotopic (exact) mass is 291 g/mol. The minimum Gasteiger partial charge on any atom is -0.262 e. The van der Waals surface area contributed by atoms with Crippen molar-refractivity contribution in [3.63, 3.8) is 0 Å². The van der Waals surface area contributed by atoms with Crippen molar-refractivity contribution in [2.45, 2.75) is 18.4 Å². The molecule has 0 unspecified atom stereocenters. The molecule has 8 heteroatoms. The molecule has 0 radical (unpaired) electrons. The second kappa shape index (κ2) is 5.40. The van der Waals surface area contributed by atoms with Crippen molar-refractivity contribution in [2.24, 2.45) is 0 Å². The van der Waals surface area contributed by atoms with Gasteiger partial charge < -0.3 is 0 Å². The van der Waals surface area contributed by atoms with E-state index in [9.17, 15) is 8.42 Å². The van der Waals surface area contributed by atoms with Crippen molar-refractivity contribution < 1.29 is 8.42 Å². The maximum Gasteiger partial charge on any atom is 0.243 e. The Bertz CT molecular complexity index is 747. The van der Waals surface area contributed by atoms with Gasteiger partial charge in [0.25, 0.3) is 0 Å². The van der Waals surface area contributed by atoms with Gasteiger partial charge in [0.2, 0.25) is 10.0 Å². The summed E-state index contributed by atoms with van der Waals surface area (Å²) in [6.45, 7) is 1.80. The molecule has 1 aromatic carbocycles. The Kier molecular flexibility index (Phi) is 3.83. The van der Waals surface area contributed by atoms with Gasteiger partial charge in [0, 0.05) is 7.05 Å². The van der Waals surface area contributed by atoms with Crippen LogP contribution in [0.5, 0.6) is 0 Å². The van der Waals surface area contributed by atoms with E-state index in [0.29, 0.717) is 17.0 Å². The summed E-state index contributed by atoms with van der Waals surface area (Å²) >= 11 is 0. The largest absolute Gasteiger partial charge is 0.262 e. The van der Waals surface area contributed by atoms with Crippen LogP contribution in [-0.2, 0) is 16.6 Å². The van der Waals surface area contributed by atoms with Gasteiger partial charge in [-0.2, -0.15) is 14.7 Å². The lowest BCUT2D eigenvalue weighted by Crippen LogP contribution is -2.27. The molecule has 0 saturated carbocycles. The van der Waals surface area contributed by atoms with Gasteiger partial charge in [-0.1, -0.05) is 0 Å². The molecule has 0 aliphatic heterocycles. The number of aromatic nitrogens is 3. The van der Waals surface area contributed by atoms with E-state index >= 15 is 0 Å². The fourth-order valence-corrected chi connectivity index (χ4v) is 2.92. The smallest absolute Gasteiger partial charge is 0.243 e. The quantitative estimate of drug-likeness (QED) is 0.897. The van der Waals surface area contributed by atoms with Crippen LogP contribution < -0.4 is 0 Å². The van der Waals surface area contributed by atoms with Gasteiger partial charge in [-0.05, 0) is 30.7 Å². The van der Waals surface area contributed by atoms with Crippen molar-refractivity contribution in [1.82, 2.24) is 19.5 Å². The highest BCUT2D eigenvalue weighted by Gasteiger charge is 2.22. The number of nitrogens with zero attached hydrogens (tertiary/aromatic N) is 4. The van der Waals surface area contributed by atoms with Crippen molar-refractivity contribution in [1.29, 1.82) is 5.26 Å². The van der Waals surface area contributed by atoms with Crippen molar-refractivity contribution in [3.8, 4) is 6.07 Å². The lowest BCUT2D eigenvalue weighted by Gasteiger charge is -2.16. The van der Waals surface area contributed by atoms with Crippen LogP contribution >= 0.6 is 0 Å². The molecular weight excluding hydrogens is 278 g/mol. The molecule has 2 aromatic rings. The lowest BCUT2D eigenvalue weighted by molar-refractivity contribution is 0.457. The highest BCUT2D eigenvalue weighted by atomic mass is 32.2. The molecule has 1 aromatic heterocycles. The molecule has 1 heterocycles. The summed E-state index contributed by atoms with van der Waals surface area (Å²) in [6.07, 6.45) is 1.32. The summed E-state index contributed by atoms with van der Waals surface area (Å²) < 4.78 is 26.0. The van der Waals surface area contributed by atoms with Gasteiger partial charge in [0.05, 0.1) is 23.1 Å². The van der Waals surface area contributed by atoms with E-state index in [-0.39, 0.29) is 11.4 Å². The molecular formula is C12H13N5O2S. The molecule has 20 heavy (non-hydrogen) atoms. The zero-order valence-corrected chi connectivity index (χ0v) is 11.8. The molecule has 0 saturated heterocycles. The number of hydrogen-bond donors (Lipinski definition) is 1. The van der Waals surface area contributed by atoms with Gasteiger partial charge in [-0.25, -0.2) is 13.4 Å². The fourth-order valence-electron chi connectivity index (χ4n) is 1.70. The van der Waals surface area contributed by atoms with Crippen LogP contribution in [0.25, 0.3) is 0 Å². The van der Waals surface area contributed by atoms with Crippen molar-refractivity contribution in [3.05, 3.63) is 41.5 Å². The van der Waals surface area contributed by atoms with Crippen LogP contribution in [0.3, 0.4) is 0 Å². The van der Waals surface area contributed by atoms with Crippen molar-refractivity contribution >= 4 is 10.0 Å². The molecule has 2 rings (SSSR count). The number of nitriles is 1. The summed E-state index contributed by atoms with van der Waals surface area (Å²) in [5.74, 6) is 0.460. The van der Waals surface area contributed by atoms with Gasteiger partial charge in [-0.3, -0.25) is 5.10 Å². The number of hydrogen-bond acceptors (Lipinski definition) is 5. The number of rotatable bonds is 4. The third-order valence-corrected chi connectivity index (χ3v) is 4.66.